The number of nitrogens with zero attached hydrogens (tertiary/aromatic N) is 1. The Balaban J connectivity index is 1.68. The maximum absolute atomic E-state index is 13.5. The van der Waals surface area contributed by atoms with Crippen LogP contribution in [0, 0.1) is 0 Å². The Morgan fingerprint density at radius 2 is 1.65 bits per heavy atom. The van der Waals surface area contributed by atoms with Gasteiger partial charge in [0.25, 0.3) is 11.7 Å². The third kappa shape index (κ3) is 4.29. The molecule has 0 bridgehead atoms. The number of Topliss-reactive ketones (excluding diaryl/α,β-unsaturated/α-hetero) is 1. The summed E-state index contributed by atoms with van der Waals surface area (Å²) in [5, 5.41) is 12.3. The van der Waals surface area contributed by atoms with Crippen LogP contribution < -0.4 is 4.74 Å². The number of carbonyl (C=O) groups excluding carboxylic acids is 2. The number of hydrogen-bond acceptors (Lipinski definition) is 4. The summed E-state index contributed by atoms with van der Waals surface area (Å²) in [7, 11) is 1.58. The molecule has 2 N–H and O–H groups in total. The second-order valence-corrected chi connectivity index (χ2v) is 10.4. The molecule has 1 unspecified atom stereocenters. The van der Waals surface area contributed by atoms with E-state index in [1.165, 1.54) is 4.90 Å². The van der Waals surface area contributed by atoms with Crippen molar-refractivity contribution >= 4 is 28.4 Å². The lowest BCUT2D eigenvalue weighted by molar-refractivity contribution is -0.140. The van der Waals surface area contributed by atoms with Gasteiger partial charge < -0.3 is 19.7 Å². The third-order valence-electron chi connectivity index (χ3n) is 7.01. The number of aliphatic hydroxyl groups excluding tert-OH is 1. The molecule has 37 heavy (non-hydrogen) atoms. The molecule has 1 saturated heterocycles. The number of aliphatic hydroxyl groups is 1. The van der Waals surface area contributed by atoms with Crippen LogP contribution in [0.1, 0.15) is 49.1 Å². The smallest absolute Gasteiger partial charge is 0.295 e. The molecule has 0 saturated carbocycles. The van der Waals surface area contributed by atoms with E-state index in [1.54, 1.807) is 13.3 Å². The van der Waals surface area contributed by atoms with Gasteiger partial charge >= 0.3 is 0 Å². The van der Waals surface area contributed by atoms with Crippen LogP contribution in [-0.2, 0) is 21.5 Å². The highest BCUT2D eigenvalue weighted by molar-refractivity contribution is 6.46. The number of rotatable bonds is 5. The zero-order chi connectivity index (χ0) is 26.3. The molecule has 1 aliphatic rings. The highest BCUT2D eigenvalue weighted by Crippen LogP contribution is 2.42. The number of nitrogens with one attached hydrogen (secondary N) is 1. The van der Waals surface area contributed by atoms with Crippen molar-refractivity contribution in [2.24, 2.45) is 0 Å². The lowest BCUT2D eigenvalue weighted by Gasteiger charge is -2.27. The molecular weight excluding hydrogens is 464 g/mol. The number of likely N-dealkylation sites (tertiary alicyclic amines) is 1. The zero-order valence-electron chi connectivity index (χ0n) is 21.4. The number of methoxy groups -OCH3 is 1. The number of amides is 1. The zero-order valence-corrected chi connectivity index (χ0v) is 21.4. The summed E-state index contributed by atoms with van der Waals surface area (Å²) >= 11 is 0. The maximum atomic E-state index is 13.5. The maximum Gasteiger partial charge on any atom is 0.295 e. The lowest BCUT2D eigenvalue weighted by atomic mass is 9.85. The van der Waals surface area contributed by atoms with Crippen molar-refractivity contribution in [3.05, 3.63) is 107 Å². The summed E-state index contributed by atoms with van der Waals surface area (Å²) in [5.41, 5.74) is 4.00. The van der Waals surface area contributed by atoms with E-state index < -0.39 is 17.7 Å². The topological polar surface area (TPSA) is 82.6 Å². The van der Waals surface area contributed by atoms with Crippen LogP contribution in [0.25, 0.3) is 16.7 Å². The van der Waals surface area contributed by atoms with Crippen LogP contribution in [-0.4, -0.2) is 33.8 Å². The first kappa shape index (κ1) is 24.4. The Morgan fingerprint density at radius 3 is 2.35 bits per heavy atom. The van der Waals surface area contributed by atoms with Gasteiger partial charge in [0.2, 0.25) is 0 Å². The Morgan fingerprint density at radius 1 is 0.973 bits per heavy atom. The predicted molar refractivity (Wildman–Crippen MR) is 144 cm³/mol. The van der Waals surface area contributed by atoms with Gasteiger partial charge in [-0.3, -0.25) is 9.59 Å². The Labute approximate surface area is 216 Å². The van der Waals surface area contributed by atoms with Crippen molar-refractivity contribution in [2.45, 2.75) is 38.8 Å². The van der Waals surface area contributed by atoms with Crippen molar-refractivity contribution in [3.63, 3.8) is 0 Å². The molecule has 6 nitrogen and oxygen atoms in total. The van der Waals surface area contributed by atoms with Gasteiger partial charge in [-0.2, -0.15) is 0 Å². The van der Waals surface area contributed by atoms with E-state index in [1.807, 2.05) is 72.8 Å². The monoisotopic (exact) mass is 494 g/mol. The first-order valence-corrected chi connectivity index (χ1v) is 12.3. The van der Waals surface area contributed by atoms with Gasteiger partial charge in [0.05, 0.1) is 25.3 Å². The average molecular weight is 495 g/mol. The molecule has 0 spiro atoms. The Hall–Kier alpha value is -4.32. The number of ketones is 1. The second kappa shape index (κ2) is 9.28. The Bertz CT molecular complexity index is 1520. The van der Waals surface area contributed by atoms with Gasteiger partial charge in [-0.1, -0.05) is 81.4 Å². The van der Waals surface area contributed by atoms with Crippen molar-refractivity contribution in [1.82, 2.24) is 9.88 Å². The molecule has 188 valence electrons. The number of carbonyl (C=O) groups is 2. The largest absolute Gasteiger partial charge is 0.507 e. The molecule has 0 aliphatic carbocycles. The molecule has 5 rings (SSSR count). The van der Waals surface area contributed by atoms with Crippen molar-refractivity contribution in [3.8, 4) is 5.75 Å². The first-order valence-electron chi connectivity index (χ1n) is 12.3. The van der Waals surface area contributed by atoms with E-state index in [0.29, 0.717) is 11.3 Å². The minimum absolute atomic E-state index is 0.0538. The number of fused-ring (bicyclic) bond motifs is 1. The number of ether oxygens (including phenoxy) is 1. The van der Waals surface area contributed by atoms with Crippen molar-refractivity contribution < 1.29 is 19.4 Å². The van der Waals surface area contributed by atoms with Crippen molar-refractivity contribution in [1.29, 1.82) is 0 Å². The Kier molecular flexibility index (Phi) is 6.12. The van der Waals surface area contributed by atoms with E-state index in [0.717, 1.165) is 27.6 Å². The molecule has 6 heteroatoms. The van der Waals surface area contributed by atoms with Crippen LogP contribution in [0.15, 0.2) is 84.6 Å². The van der Waals surface area contributed by atoms with Crippen LogP contribution in [0.4, 0.5) is 0 Å². The SMILES string of the molecule is COc1ccccc1CN1C(=O)C(=O)/C(=C(\O)c2c[nH]c3ccccc23)C1c1ccc(C(C)(C)C)cc1. The van der Waals surface area contributed by atoms with Gasteiger partial charge in [0.1, 0.15) is 11.5 Å². The van der Waals surface area contributed by atoms with E-state index in [2.05, 4.69) is 25.8 Å². The van der Waals surface area contributed by atoms with E-state index in [-0.39, 0.29) is 23.3 Å². The van der Waals surface area contributed by atoms with E-state index in [4.69, 9.17) is 4.74 Å². The lowest BCUT2D eigenvalue weighted by Crippen LogP contribution is -2.29. The summed E-state index contributed by atoms with van der Waals surface area (Å²) in [6.45, 7) is 6.55. The number of benzene rings is 3. The average Bonchev–Trinajstić information content (AvgIpc) is 3.43. The minimum Gasteiger partial charge on any atom is -0.507 e. The summed E-state index contributed by atoms with van der Waals surface area (Å²) < 4.78 is 5.50. The molecule has 1 fully saturated rings. The number of H-pyrrole nitrogens is 1. The van der Waals surface area contributed by atoms with E-state index >= 15 is 0 Å². The fraction of sp³-hybridized carbons (Fsp3) is 0.226. The van der Waals surface area contributed by atoms with Crippen LogP contribution >= 0.6 is 0 Å². The molecule has 2 heterocycles. The van der Waals surface area contributed by atoms with Gasteiger partial charge in [0.15, 0.2) is 0 Å². The predicted octanol–water partition coefficient (Wildman–Crippen LogP) is 6.10. The van der Waals surface area contributed by atoms with Gasteiger partial charge in [0, 0.05) is 28.2 Å². The van der Waals surface area contributed by atoms with Crippen LogP contribution in [0.5, 0.6) is 5.75 Å². The highest BCUT2D eigenvalue weighted by atomic mass is 16.5. The molecule has 1 aromatic heterocycles. The normalized spacial score (nSPS) is 17.5. The second-order valence-electron chi connectivity index (χ2n) is 10.4. The number of aromatic amines is 1. The highest BCUT2D eigenvalue weighted by Gasteiger charge is 2.46. The molecule has 3 aromatic carbocycles. The summed E-state index contributed by atoms with van der Waals surface area (Å²) in [6, 6.07) is 22.1. The summed E-state index contributed by atoms with van der Waals surface area (Å²) in [6.07, 6.45) is 1.67. The molecular formula is C31H30N2O4. The quantitative estimate of drug-likeness (QED) is 0.200. The molecule has 1 amide bonds. The molecule has 1 aliphatic heterocycles. The van der Waals surface area contributed by atoms with Crippen LogP contribution in [0.2, 0.25) is 0 Å². The van der Waals surface area contributed by atoms with Gasteiger partial charge in [-0.15, -0.1) is 0 Å². The summed E-state index contributed by atoms with van der Waals surface area (Å²) in [4.78, 5) is 31.6. The van der Waals surface area contributed by atoms with Gasteiger partial charge in [-0.05, 0) is 28.7 Å². The third-order valence-corrected chi connectivity index (χ3v) is 7.01. The number of para-hydroxylation sites is 2. The molecule has 4 aromatic rings. The minimum atomic E-state index is -0.757. The van der Waals surface area contributed by atoms with Gasteiger partial charge in [-0.25, -0.2) is 0 Å². The van der Waals surface area contributed by atoms with Crippen molar-refractivity contribution in [2.75, 3.05) is 7.11 Å². The fourth-order valence-electron chi connectivity index (χ4n) is 4.98. The first-order chi connectivity index (χ1) is 17.7. The van der Waals surface area contributed by atoms with E-state index in [9.17, 15) is 14.7 Å². The summed E-state index contributed by atoms with van der Waals surface area (Å²) in [5.74, 6) is -0.925. The van der Waals surface area contributed by atoms with Crippen LogP contribution in [0.3, 0.4) is 0 Å². The molecule has 1 atom stereocenters. The fourth-order valence-corrected chi connectivity index (χ4v) is 4.98. The number of aromatic nitrogens is 1. The standard InChI is InChI=1S/C31H30N2O4/c1-31(2,3)21-15-13-19(14-16-21)27-26(28(34)23-17-32-24-11-7-6-10-22(23)24)29(35)30(36)33(27)18-20-9-5-8-12-25(20)37-4/h5-17,27,32,34H,18H2,1-4H3/b28-26-. The molecule has 0 radical (unpaired) electrons. The number of hydrogen-bond donors (Lipinski definition) is 2.